The summed E-state index contributed by atoms with van der Waals surface area (Å²) in [5.41, 5.74) is -0.216. The number of rotatable bonds is 1. The van der Waals surface area contributed by atoms with Gasteiger partial charge in [-0.1, -0.05) is 6.92 Å². The van der Waals surface area contributed by atoms with Gasteiger partial charge < -0.3 is 5.11 Å². The molecule has 5 atom stereocenters. The predicted octanol–water partition coefficient (Wildman–Crippen LogP) is 1.75. The van der Waals surface area contributed by atoms with Crippen molar-refractivity contribution in [2.45, 2.75) is 26.7 Å². The van der Waals surface area contributed by atoms with Crippen molar-refractivity contribution in [3.63, 3.8) is 0 Å². The third kappa shape index (κ3) is 0.377. The van der Waals surface area contributed by atoms with Gasteiger partial charge in [0.05, 0.1) is 5.41 Å². The summed E-state index contributed by atoms with van der Waals surface area (Å²) >= 11 is 0. The maximum absolute atomic E-state index is 11.2. The quantitative estimate of drug-likeness (QED) is 0.644. The summed E-state index contributed by atoms with van der Waals surface area (Å²) in [5.74, 6) is 1.43. The van der Waals surface area contributed by atoms with Gasteiger partial charge in [0.25, 0.3) is 0 Å². The SMILES string of the molecule is CC12[C@@H]3CC(C[C@@H]31)[C@@]2(C)C(=O)O. The van der Waals surface area contributed by atoms with Crippen molar-refractivity contribution in [2.24, 2.45) is 28.6 Å². The third-order valence-electron chi connectivity index (χ3n) is 5.37. The van der Waals surface area contributed by atoms with E-state index in [1.807, 2.05) is 6.92 Å². The van der Waals surface area contributed by atoms with E-state index in [-0.39, 0.29) is 10.8 Å². The molecule has 0 aliphatic heterocycles. The van der Waals surface area contributed by atoms with Crippen LogP contribution < -0.4 is 0 Å². The maximum Gasteiger partial charge on any atom is 0.310 e. The zero-order valence-corrected chi connectivity index (χ0v) is 7.50. The lowest BCUT2D eigenvalue weighted by molar-refractivity contribution is -0.152. The van der Waals surface area contributed by atoms with Crippen LogP contribution in [0.4, 0.5) is 0 Å². The van der Waals surface area contributed by atoms with Crippen LogP contribution in [0.1, 0.15) is 26.7 Å². The Labute approximate surface area is 72.0 Å². The Balaban J connectivity index is 2.14. The molecule has 4 fully saturated rings. The second-order valence-electron chi connectivity index (χ2n) is 5.17. The van der Waals surface area contributed by atoms with Crippen molar-refractivity contribution in [1.82, 2.24) is 0 Å². The minimum Gasteiger partial charge on any atom is -0.481 e. The van der Waals surface area contributed by atoms with Crippen LogP contribution in [-0.2, 0) is 4.79 Å². The van der Waals surface area contributed by atoms with Crippen LogP contribution in [0.25, 0.3) is 0 Å². The minimum atomic E-state index is -0.558. The molecule has 12 heavy (non-hydrogen) atoms. The first kappa shape index (κ1) is 6.93. The van der Waals surface area contributed by atoms with E-state index in [0.29, 0.717) is 5.92 Å². The molecule has 0 spiro atoms. The normalized spacial score (nSPS) is 65.3. The highest BCUT2D eigenvalue weighted by Gasteiger charge is 2.83. The van der Waals surface area contributed by atoms with Gasteiger partial charge in [-0.05, 0) is 42.9 Å². The number of carboxylic acids is 1. The zero-order chi connectivity index (χ0) is 8.72. The van der Waals surface area contributed by atoms with Gasteiger partial charge in [0.1, 0.15) is 0 Å². The molecule has 2 unspecified atom stereocenters. The molecule has 4 aliphatic rings. The number of carboxylic acid groups (broad SMARTS) is 1. The molecular weight excluding hydrogens is 152 g/mol. The molecule has 1 N–H and O–H groups in total. The molecule has 0 radical (unpaired) electrons. The molecular formula is C10H14O2. The first-order valence-corrected chi connectivity index (χ1v) is 4.76. The summed E-state index contributed by atoms with van der Waals surface area (Å²) < 4.78 is 0. The molecule has 0 heterocycles. The lowest BCUT2D eigenvalue weighted by atomic mass is 9.74. The van der Waals surface area contributed by atoms with E-state index in [1.165, 1.54) is 12.8 Å². The topological polar surface area (TPSA) is 37.3 Å². The van der Waals surface area contributed by atoms with E-state index in [0.717, 1.165) is 11.8 Å². The van der Waals surface area contributed by atoms with Gasteiger partial charge in [-0.3, -0.25) is 4.79 Å². The maximum atomic E-state index is 11.2. The lowest BCUT2D eigenvalue weighted by Gasteiger charge is -2.28. The molecule has 66 valence electrons. The number of aliphatic carboxylic acids is 1. The Bertz CT molecular complexity index is 272. The van der Waals surface area contributed by atoms with Crippen molar-refractivity contribution in [2.75, 3.05) is 0 Å². The van der Waals surface area contributed by atoms with E-state index in [2.05, 4.69) is 6.92 Å². The molecule has 2 nitrogen and oxygen atoms in total. The highest BCUT2D eigenvalue weighted by Crippen LogP contribution is 2.86. The molecule has 0 saturated heterocycles. The van der Waals surface area contributed by atoms with E-state index >= 15 is 0 Å². The molecule has 4 aliphatic carbocycles. The minimum absolute atomic E-state index is 0.170. The molecule has 4 saturated carbocycles. The van der Waals surface area contributed by atoms with Gasteiger partial charge >= 0.3 is 5.97 Å². The van der Waals surface area contributed by atoms with Crippen LogP contribution in [0.2, 0.25) is 0 Å². The molecule has 4 bridgehead atoms. The van der Waals surface area contributed by atoms with E-state index in [1.54, 1.807) is 0 Å². The lowest BCUT2D eigenvalue weighted by Crippen LogP contribution is -2.36. The Hall–Kier alpha value is -0.530. The number of hydrogen-bond donors (Lipinski definition) is 1. The summed E-state index contributed by atoms with van der Waals surface area (Å²) in [6.45, 7) is 4.15. The van der Waals surface area contributed by atoms with Crippen LogP contribution in [0.15, 0.2) is 0 Å². The zero-order valence-electron chi connectivity index (χ0n) is 7.50. The highest BCUT2D eigenvalue weighted by molar-refractivity contribution is 5.79. The van der Waals surface area contributed by atoms with E-state index < -0.39 is 5.97 Å². The third-order valence-corrected chi connectivity index (χ3v) is 5.37. The fourth-order valence-corrected chi connectivity index (χ4v) is 4.31. The second-order valence-corrected chi connectivity index (χ2v) is 5.17. The first-order chi connectivity index (χ1) is 5.53. The van der Waals surface area contributed by atoms with Crippen LogP contribution in [0.3, 0.4) is 0 Å². The van der Waals surface area contributed by atoms with Crippen molar-refractivity contribution >= 4 is 5.97 Å². The fraction of sp³-hybridized carbons (Fsp3) is 0.900. The highest BCUT2D eigenvalue weighted by atomic mass is 16.4. The Morgan fingerprint density at radius 3 is 2.00 bits per heavy atom. The molecule has 0 aromatic heterocycles. The summed E-state index contributed by atoms with van der Waals surface area (Å²) in [7, 11) is 0. The van der Waals surface area contributed by atoms with E-state index in [9.17, 15) is 9.90 Å². The first-order valence-electron chi connectivity index (χ1n) is 4.76. The van der Waals surface area contributed by atoms with E-state index in [4.69, 9.17) is 0 Å². The van der Waals surface area contributed by atoms with Gasteiger partial charge in [0, 0.05) is 0 Å². The van der Waals surface area contributed by atoms with Crippen LogP contribution >= 0.6 is 0 Å². The van der Waals surface area contributed by atoms with Crippen molar-refractivity contribution < 1.29 is 9.90 Å². The van der Waals surface area contributed by atoms with Crippen molar-refractivity contribution in [3.8, 4) is 0 Å². The van der Waals surface area contributed by atoms with Crippen LogP contribution in [0.5, 0.6) is 0 Å². The van der Waals surface area contributed by atoms with Crippen LogP contribution in [-0.4, -0.2) is 11.1 Å². The molecule has 2 heteroatoms. The largest absolute Gasteiger partial charge is 0.481 e. The Morgan fingerprint density at radius 1 is 1.33 bits per heavy atom. The smallest absolute Gasteiger partial charge is 0.310 e. The second kappa shape index (κ2) is 1.45. The van der Waals surface area contributed by atoms with Crippen molar-refractivity contribution in [1.29, 1.82) is 0 Å². The summed E-state index contributed by atoms with van der Waals surface area (Å²) in [6, 6.07) is 0. The summed E-state index contributed by atoms with van der Waals surface area (Å²) in [6.07, 6.45) is 2.37. The summed E-state index contributed by atoms with van der Waals surface area (Å²) in [5, 5.41) is 9.23. The number of hydrogen-bond acceptors (Lipinski definition) is 1. The molecule has 4 rings (SSSR count). The van der Waals surface area contributed by atoms with Gasteiger partial charge in [0.15, 0.2) is 0 Å². The average Bonchev–Trinajstić information content (AvgIpc) is 2.37. The average molecular weight is 166 g/mol. The monoisotopic (exact) mass is 166 g/mol. The summed E-state index contributed by atoms with van der Waals surface area (Å²) in [4.78, 5) is 11.2. The fourth-order valence-electron chi connectivity index (χ4n) is 4.31. The van der Waals surface area contributed by atoms with Crippen molar-refractivity contribution in [3.05, 3.63) is 0 Å². The van der Waals surface area contributed by atoms with Gasteiger partial charge in [-0.2, -0.15) is 0 Å². The standard InChI is InChI=1S/C10H14O2/c1-9(8(11)12)5-3-6-7(4-5)10(6,9)2/h5-7H,3-4H2,1-2H3,(H,11,12)/t5?,6-,7+,9-,10?/m0/s1. The molecule has 0 aromatic rings. The molecule has 0 amide bonds. The predicted molar refractivity (Wildman–Crippen MR) is 43.6 cm³/mol. The molecule has 0 aromatic carbocycles. The Kier molecular flexibility index (Phi) is 0.836. The van der Waals surface area contributed by atoms with Gasteiger partial charge in [-0.15, -0.1) is 0 Å². The number of carbonyl (C=O) groups is 1. The van der Waals surface area contributed by atoms with Gasteiger partial charge in [-0.25, -0.2) is 0 Å². The van der Waals surface area contributed by atoms with Crippen LogP contribution in [0, 0.1) is 28.6 Å². The van der Waals surface area contributed by atoms with Gasteiger partial charge in [0.2, 0.25) is 0 Å². The Morgan fingerprint density at radius 2 is 1.83 bits per heavy atom.